The van der Waals surface area contributed by atoms with Crippen molar-refractivity contribution in [3.8, 4) is 0 Å². The van der Waals surface area contributed by atoms with Crippen molar-refractivity contribution in [3.05, 3.63) is 53.9 Å². The number of hydrogen-bond donors (Lipinski definition) is 1. The molecule has 2 aromatic carbocycles. The third-order valence-corrected chi connectivity index (χ3v) is 6.06. The molecule has 2 radical (unpaired) electrons. The SMILES string of the molecule is [B]c1ccc2nc(CCNC(=O)OC(C)(C)C)n(CCOS(=O)(=O)c3ccc(C)cc3)c2c1. The first-order valence-corrected chi connectivity index (χ1v) is 12.0. The number of amides is 1. The van der Waals surface area contributed by atoms with E-state index < -0.39 is 21.8 Å². The van der Waals surface area contributed by atoms with Crippen molar-refractivity contribution in [1.82, 2.24) is 14.9 Å². The molecule has 3 rings (SSSR count). The maximum atomic E-state index is 12.5. The standard InChI is InChI=1S/C23H28BN3O5S/c1-16-5-8-18(9-6-16)33(29,30)31-14-13-27-20-15-17(24)7-10-19(20)26-21(27)11-12-25-22(28)32-23(2,3)4/h5-10,15H,11-14H2,1-4H3,(H,25,28). The number of aryl methyl sites for hydroxylation is 1. The van der Waals surface area contributed by atoms with E-state index in [1.807, 2.05) is 11.5 Å². The highest BCUT2D eigenvalue weighted by molar-refractivity contribution is 7.86. The van der Waals surface area contributed by atoms with Crippen LogP contribution in [-0.2, 0) is 32.0 Å². The Morgan fingerprint density at radius 3 is 2.52 bits per heavy atom. The molecule has 1 heterocycles. The Balaban J connectivity index is 1.72. The van der Waals surface area contributed by atoms with Gasteiger partial charge in [0.2, 0.25) is 0 Å². The zero-order valence-electron chi connectivity index (χ0n) is 19.3. The summed E-state index contributed by atoms with van der Waals surface area (Å²) in [5.41, 5.74) is 2.42. The summed E-state index contributed by atoms with van der Waals surface area (Å²) in [6.07, 6.45) is -0.0969. The van der Waals surface area contributed by atoms with E-state index in [4.69, 9.17) is 16.8 Å². The molecule has 0 saturated carbocycles. The minimum absolute atomic E-state index is 0.0804. The number of aromatic nitrogens is 2. The summed E-state index contributed by atoms with van der Waals surface area (Å²) in [6.45, 7) is 7.72. The number of ether oxygens (including phenoxy) is 1. The molecule has 174 valence electrons. The minimum Gasteiger partial charge on any atom is -0.444 e. The van der Waals surface area contributed by atoms with Crippen LogP contribution in [0.4, 0.5) is 4.79 Å². The molecule has 1 amide bonds. The van der Waals surface area contributed by atoms with Crippen LogP contribution in [0.15, 0.2) is 47.4 Å². The van der Waals surface area contributed by atoms with Gasteiger partial charge in [0.25, 0.3) is 10.1 Å². The summed E-state index contributed by atoms with van der Waals surface area (Å²) in [5.74, 6) is 0.669. The second-order valence-corrected chi connectivity index (χ2v) is 10.3. The van der Waals surface area contributed by atoms with Crippen LogP contribution in [0.25, 0.3) is 11.0 Å². The van der Waals surface area contributed by atoms with Gasteiger partial charge in [-0.15, -0.1) is 0 Å². The van der Waals surface area contributed by atoms with Gasteiger partial charge < -0.3 is 14.6 Å². The maximum absolute atomic E-state index is 12.5. The number of fused-ring (bicyclic) bond motifs is 1. The van der Waals surface area contributed by atoms with Gasteiger partial charge in [0.15, 0.2) is 0 Å². The van der Waals surface area contributed by atoms with Gasteiger partial charge in [0, 0.05) is 19.5 Å². The van der Waals surface area contributed by atoms with Crippen LogP contribution in [0.1, 0.15) is 32.2 Å². The van der Waals surface area contributed by atoms with Crippen molar-refractivity contribution in [3.63, 3.8) is 0 Å². The number of imidazole rings is 1. The number of nitrogens with one attached hydrogen (secondary N) is 1. The second-order valence-electron chi connectivity index (χ2n) is 8.70. The lowest BCUT2D eigenvalue weighted by Crippen LogP contribution is -2.33. The Bertz CT molecular complexity index is 1230. The lowest BCUT2D eigenvalue weighted by atomic mass is 9.96. The van der Waals surface area contributed by atoms with Gasteiger partial charge in [-0.25, -0.2) is 9.78 Å². The van der Waals surface area contributed by atoms with Gasteiger partial charge in [-0.2, -0.15) is 8.42 Å². The van der Waals surface area contributed by atoms with E-state index >= 15 is 0 Å². The van der Waals surface area contributed by atoms with Gasteiger partial charge in [-0.05, 0) is 52.0 Å². The molecule has 10 heteroatoms. The van der Waals surface area contributed by atoms with Gasteiger partial charge in [-0.1, -0.05) is 29.2 Å². The average Bonchev–Trinajstić information content (AvgIpc) is 3.03. The summed E-state index contributed by atoms with van der Waals surface area (Å²) >= 11 is 0. The largest absolute Gasteiger partial charge is 0.444 e. The zero-order valence-corrected chi connectivity index (χ0v) is 20.1. The van der Waals surface area contributed by atoms with Crippen LogP contribution in [0.5, 0.6) is 0 Å². The highest BCUT2D eigenvalue weighted by Gasteiger charge is 2.18. The molecule has 0 bridgehead atoms. The molecule has 0 unspecified atom stereocenters. The number of hydrogen-bond acceptors (Lipinski definition) is 6. The molecule has 0 spiro atoms. The summed E-state index contributed by atoms with van der Waals surface area (Å²) in [4.78, 5) is 16.6. The Morgan fingerprint density at radius 2 is 1.85 bits per heavy atom. The molecule has 33 heavy (non-hydrogen) atoms. The third-order valence-electron chi connectivity index (χ3n) is 4.73. The number of alkyl carbamates (subject to hydrolysis) is 1. The summed E-state index contributed by atoms with van der Waals surface area (Å²) in [5, 5.41) is 2.71. The van der Waals surface area contributed by atoms with Crippen molar-refractivity contribution in [1.29, 1.82) is 0 Å². The van der Waals surface area contributed by atoms with Crippen LogP contribution in [-0.4, -0.2) is 50.7 Å². The van der Waals surface area contributed by atoms with Crippen molar-refractivity contribution in [2.45, 2.75) is 51.2 Å². The van der Waals surface area contributed by atoms with E-state index in [0.717, 1.165) is 16.6 Å². The lowest BCUT2D eigenvalue weighted by molar-refractivity contribution is 0.0528. The smallest absolute Gasteiger partial charge is 0.407 e. The van der Waals surface area contributed by atoms with E-state index in [0.29, 0.717) is 24.3 Å². The Kier molecular flexibility index (Phi) is 7.49. The van der Waals surface area contributed by atoms with Gasteiger partial charge in [0.1, 0.15) is 19.3 Å². The predicted octanol–water partition coefficient (Wildman–Crippen LogP) is 2.61. The fourth-order valence-corrected chi connectivity index (χ4v) is 4.13. The molecule has 0 aliphatic heterocycles. The van der Waals surface area contributed by atoms with Crippen LogP contribution in [0.3, 0.4) is 0 Å². The quantitative estimate of drug-likeness (QED) is 0.402. The Labute approximate surface area is 195 Å². The number of benzene rings is 2. The van der Waals surface area contributed by atoms with Crippen LogP contribution in [0, 0.1) is 6.92 Å². The number of carbonyl (C=O) groups is 1. The summed E-state index contributed by atoms with van der Waals surface area (Å²) in [7, 11) is 2.06. The molecule has 3 aromatic rings. The average molecular weight is 469 g/mol. The Hall–Kier alpha value is -2.85. The Morgan fingerprint density at radius 1 is 1.15 bits per heavy atom. The predicted molar refractivity (Wildman–Crippen MR) is 127 cm³/mol. The zero-order chi connectivity index (χ0) is 24.2. The van der Waals surface area contributed by atoms with E-state index in [1.165, 1.54) is 12.1 Å². The van der Waals surface area contributed by atoms with E-state index in [1.54, 1.807) is 51.1 Å². The normalized spacial score (nSPS) is 12.1. The number of rotatable bonds is 8. The van der Waals surface area contributed by atoms with Crippen LogP contribution >= 0.6 is 0 Å². The first-order valence-electron chi connectivity index (χ1n) is 10.6. The van der Waals surface area contributed by atoms with Crippen molar-refractivity contribution < 1.29 is 22.1 Å². The van der Waals surface area contributed by atoms with Gasteiger partial charge in [-0.3, -0.25) is 4.18 Å². The molecule has 0 atom stereocenters. The maximum Gasteiger partial charge on any atom is 0.407 e. The molecule has 1 N–H and O–H groups in total. The number of nitrogens with zero attached hydrogens (tertiary/aromatic N) is 2. The molecule has 8 nitrogen and oxygen atoms in total. The first kappa shape index (κ1) is 24.8. The lowest BCUT2D eigenvalue weighted by Gasteiger charge is -2.19. The van der Waals surface area contributed by atoms with E-state index in [2.05, 4.69) is 10.3 Å². The van der Waals surface area contributed by atoms with Crippen LogP contribution < -0.4 is 10.8 Å². The fourth-order valence-electron chi connectivity index (χ4n) is 3.23. The molecule has 0 fully saturated rings. The number of carbonyl (C=O) groups excluding carboxylic acids is 1. The second kappa shape index (κ2) is 9.97. The topological polar surface area (TPSA) is 99.5 Å². The molecule has 0 aliphatic rings. The minimum atomic E-state index is -3.88. The highest BCUT2D eigenvalue weighted by atomic mass is 32.2. The fraction of sp³-hybridized carbons (Fsp3) is 0.391. The first-order chi connectivity index (χ1) is 15.4. The van der Waals surface area contributed by atoms with Gasteiger partial charge >= 0.3 is 6.09 Å². The molecule has 1 aromatic heterocycles. The van der Waals surface area contributed by atoms with E-state index in [9.17, 15) is 13.2 Å². The van der Waals surface area contributed by atoms with Gasteiger partial charge in [0.05, 0.1) is 22.5 Å². The van der Waals surface area contributed by atoms with Crippen molar-refractivity contribution in [2.24, 2.45) is 0 Å². The van der Waals surface area contributed by atoms with Crippen molar-refractivity contribution in [2.75, 3.05) is 13.2 Å². The summed E-state index contributed by atoms with van der Waals surface area (Å²) in [6, 6.07) is 11.8. The molecular weight excluding hydrogens is 441 g/mol. The summed E-state index contributed by atoms with van der Waals surface area (Å²) < 4.78 is 37.4. The third kappa shape index (κ3) is 6.82. The monoisotopic (exact) mass is 469 g/mol. The van der Waals surface area contributed by atoms with Crippen LogP contribution in [0.2, 0.25) is 0 Å². The molecular formula is C23H28BN3O5S. The van der Waals surface area contributed by atoms with Crippen molar-refractivity contribution >= 4 is 40.6 Å². The highest BCUT2D eigenvalue weighted by Crippen LogP contribution is 2.17. The molecule has 0 saturated heterocycles. The van der Waals surface area contributed by atoms with E-state index in [-0.39, 0.29) is 18.0 Å². The molecule has 0 aliphatic carbocycles.